The van der Waals surface area contributed by atoms with Gasteiger partial charge in [0.2, 0.25) is 21.8 Å². The highest BCUT2D eigenvalue weighted by atomic mass is 32.2. The van der Waals surface area contributed by atoms with E-state index in [0.29, 0.717) is 30.0 Å². The molecular formula is C19H25N5O5S. The van der Waals surface area contributed by atoms with Gasteiger partial charge in [0.25, 0.3) is 0 Å². The molecule has 10 nitrogen and oxygen atoms in total. The molecule has 2 aromatic rings. The van der Waals surface area contributed by atoms with Gasteiger partial charge < -0.3 is 15.6 Å². The molecule has 0 spiro atoms. The molecule has 1 atom stereocenters. The lowest BCUT2D eigenvalue weighted by Gasteiger charge is -2.36. The Morgan fingerprint density at radius 2 is 1.73 bits per heavy atom. The van der Waals surface area contributed by atoms with Crippen LogP contribution in [0, 0.1) is 13.8 Å². The fraction of sp³-hybridized carbons (Fsp3) is 0.421. The van der Waals surface area contributed by atoms with Crippen molar-refractivity contribution in [3.63, 3.8) is 0 Å². The van der Waals surface area contributed by atoms with Crippen molar-refractivity contribution in [1.82, 2.24) is 14.4 Å². The molecule has 0 bridgehead atoms. The van der Waals surface area contributed by atoms with Crippen LogP contribution in [-0.2, 0) is 14.8 Å². The number of rotatable bonds is 6. The summed E-state index contributed by atoms with van der Waals surface area (Å²) < 4.78 is 32.2. The number of aryl methyl sites for hydroxylation is 2. The molecular weight excluding hydrogens is 410 g/mol. The molecule has 1 saturated heterocycles. The smallest absolute Gasteiger partial charge is 0.248 e. The SMILES string of the molecule is Cc1noc(C)c1S(=O)(=O)N1CCN([C@H](C)C(=O)Nc2ccc(C(N)=O)cc2)CC1. The number of nitrogens with two attached hydrogens (primary N) is 1. The maximum absolute atomic E-state index is 12.9. The molecule has 1 fully saturated rings. The third-order valence-corrected chi connectivity index (χ3v) is 7.35. The minimum Gasteiger partial charge on any atom is -0.366 e. The number of nitrogens with one attached hydrogen (secondary N) is 1. The minimum atomic E-state index is -3.70. The zero-order valence-corrected chi connectivity index (χ0v) is 17.9. The van der Waals surface area contributed by atoms with Gasteiger partial charge in [-0.3, -0.25) is 14.5 Å². The first-order valence-electron chi connectivity index (χ1n) is 9.49. The summed E-state index contributed by atoms with van der Waals surface area (Å²) in [6.45, 7) is 6.29. The number of amides is 2. The van der Waals surface area contributed by atoms with Gasteiger partial charge in [0.15, 0.2) is 5.76 Å². The van der Waals surface area contributed by atoms with Gasteiger partial charge in [-0.05, 0) is 45.0 Å². The number of benzene rings is 1. The van der Waals surface area contributed by atoms with Crippen LogP contribution in [0.25, 0.3) is 0 Å². The average Bonchev–Trinajstić information content (AvgIpc) is 3.06. The Kier molecular flexibility index (Phi) is 6.25. The maximum Gasteiger partial charge on any atom is 0.248 e. The summed E-state index contributed by atoms with van der Waals surface area (Å²) in [4.78, 5) is 25.8. The highest BCUT2D eigenvalue weighted by Crippen LogP contribution is 2.24. The van der Waals surface area contributed by atoms with E-state index < -0.39 is 22.0 Å². The number of hydrogen-bond donors (Lipinski definition) is 2. The molecule has 0 radical (unpaired) electrons. The normalized spacial score (nSPS) is 16.9. The van der Waals surface area contributed by atoms with Gasteiger partial charge in [-0.15, -0.1) is 0 Å². The van der Waals surface area contributed by atoms with Gasteiger partial charge >= 0.3 is 0 Å². The number of sulfonamides is 1. The first kappa shape index (κ1) is 21.9. The molecule has 11 heteroatoms. The summed E-state index contributed by atoms with van der Waals surface area (Å²) in [5.41, 5.74) is 6.46. The van der Waals surface area contributed by atoms with Crippen LogP contribution in [0.4, 0.5) is 5.69 Å². The van der Waals surface area contributed by atoms with E-state index in [-0.39, 0.29) is 29.7 Å². The van der Waals surface area contributed by atoms with E-state index in [2.05, 4.69) is 10.5 Å². The number of nitrogens with zero attached hydrogens (tertiary/aromatic N) is 3. The van der Waals surface area contributed by atoms with E-state index in [9.17, 15) is 18.0 Å². The summed E-state index contributed by atoms with van der Waals surface area (Å²) in [6, 6.07) is 5.85. The van der Waals surface area contributed by atoms with E-state index in [1.165, 1.54) is 4.31 Å². The highest BCUT2D eigenvalue weighted by Gasteiger charge is 2.35. The predicted octanol–water partition coefficient (Wildman–Crippen LogP) is 0.724. The number of carbonyl (C=O) groups excluding carboxylic acids is 2. The van der Waals surface area contributed by atoms with E-state index in [0.717, 1.165) is 0 Å². The molecule has 0 saturated carbocycles. The Bertz CT molecular complexity index is 1020. The second kappa shape index (κ2) is 8.54. The Labute approximate surface area is 175 Å². The van der Waals surface area contributed by atoms with Crippen molar-refractivity contribution in [2.24, 2.45) is 5.73 Å². The number of hydrogen-bond acceptors (Lipinski definition) is 7. The molecule has 1 aromatic heterocycles. The van der Waals surface area contributed by atoms with E-state index in [1.54, 1.807) is 45.0 Å². The Balaban J connectivity index is 1.60. The van der Waals surface area contributed by atoms with Gasteiger partial charge in [-0.2, -0.15) is 4.31 Å². The van der Waals surface area contributed by atoms with Crippen LogP contribution >= 0.6 is 0 Å². The molecule has 1 aliphatic rings. The molecule has 162 valence electrons. The third kappa shape index (κ3) is 4.37. The summed E-state index contributed by atoms with van der Waals surface area (Å²) in [5, 5.41) is 6.53. The Hall–Kier alpha value is -2.76. The fourth-order valence-electron chi connectivity index (χ4n) is 3.43. The van der Waals surface area contributed by atoms with Crippen molar-refractivity contribution < 1.29 is 22.5 Å². The first-order valence-corrected chi connectivity index (χ1v) is 10.9. The molecule has 3 rings (SSSR count). The van der Waals surface area contributed by atoms with Gasteiger partial charge in [-0.25, -0.2) is 8.42 Å². The fourth-order valence-corrected chi connectivity index (χ4v) is 5.15. The summed E-state index contributed by atoms with van der Waals surface area (Å²) in [6.07, 6.45) is 0. The molecule has 2 amide bonds. The second-order valence-electron chi connectivity index (χ2n) is 7.20. The number of piperazine rings is 1. The van der Waals surface area contributed by atoms with Gasteiger partial charge in [0.1, 0.15) is 10.6 Å². The lowest BCUT2D eigenvalue weighted by Crippen LogP contribution is -2.54. The molecule has 30 heavy (non-hydrogen) atoms. The zero-order valence-electron chi connectivity index (χ0n) is 17.1. The quantitative estimate of drug-likeness (QED) is 0.682. The van der Waals surface area contributed by atoms with Crippen LogP contribution in [0.2, 0.25) is 0 Å². The minimum absolute atomic E-state index is 0.112. The third-order valence-electron chi connectivity index (χ3n) is 5.20. The summed E-state index contributed by atoms with van der Waals surface area (Å²) >= 11 is 0. The lowest BCUT2D eigenvalue weighted by atomic mass is 10.2. The predicted molar refractivity (Wildman–Crippen MR) is 109 cm³/mol. The van der Waals surface area contributed by atoms with Crippen LogP contribution < -0.4 is 11.1 Å². The van der Waals surface area contributed by atoms with Crippen molar-refractivity contribution in [2.45, 2.75) is 31.7 Å². The van der Waals surface area contributed by atoms with E-state index >= 15 is 0 Å². The van der Waals surface area contributed by atoms with E-state index in [4.69, 9.17) is 10.3 Å². The zero-order chi connectivity index (χ0) is 22.1. The van der Waals surface area contributed by atoms with Crippen LogP contribution in [-0.4, -0.2) is 66.8 Å². The van der Waals surface area contributed by atoms with Gasteiger partial charge in [0, 0.05) is 37.4 Å². The molecule has 0 unspecified atom stereocenters. The molecule has 1 aromatic carbocycles. The monoisotopic (exact) mass is 435 g/mol. The van der Waals surface area contributed by atoms with Crippen molar-refractivity contribution in [2.75, 3.05) is 31.5 Å². The first-order chi connectivity index (χ1) is 14.1. The Morgan fingerprint density at radius 3 is 2.23 bits per heavy atom. The highest BCUT2D eigenvalue weighted by molar-refractivity contribution is 7.89. The summed E-state index contributed by atoms with van der Waals surface area (Å²) in [5.74, 6) is -0.487. The topological polar surface area (TPSA) is 139 Å². The molecule has 3 N–H and O–H groups in total. The van der Waals surface area contributed by atoms with Gasteiger partial charge in [0.05, 0.1) is 6.04 Å². The van der Waals surface area contributed by atoms with Crippen molar-refractivity contribution >= 4 is 27.5 Å². The number of aromatic nitrogens is 1. The summed E-state index contributed by atoms with van der Waals surface area (Å²) in [7, 11) is -3.70. The van der Waals surface area contributed by atoms with Crippen LogP contribution in [0.3, 0.4) is 0 Å². The Morgan fingerprint density at radius 1 is 1.13 bits per heavy atom. The number of anilines is 1. The van der Waals surface area contributed by atoms with E-state index in [1.807, 2.05) is 4.90 Å². The maximum atomic E-state index is 12.9. The largest absolute Gasteiger partial charge is 0.366 e. The van der Waals surface area contributed by atoms with Crippen molar-refractivity contribution in [3.8, 4) is 0 Å². The second-order valence-corrected chi connectivity index (χ2v) is 9.07. The van der Waals surface area contributed by atoms with Crippen molar-refractivity contribution in [3.05, 3.63) is 41.3 Å². The average molecular weight is 436 g/mol. The number of primary amides is 1. The lowest BCUT2D eigenvalue weighted by molar-refractivity contribution is -0.121. The standard InChI is InChI=1S/C19H25N5O5S/c1-12-17(14(3)29-22-12)30(27,28)24-10-8-23(9-11-24)13(2)19(26)21-16-6-4-15(5-7-16)18(20)25/h4-7,13H,8-11H2,1-3H3,(H2,20,25)(H,21,26)/t13-/m1/s1. The molecule has 0 aliphatic carbocycles. The molecule has 1 aliphatic heterocycles. The molecule has 2 heterocycles. The van der Waals surface area contributed by atoms with Gasteiger partial charge in [-0.1, -0.05) is 5.16 Å². The van der Waals surface area contributed by atoms with Crippen LogP contribution in [0.15, 0.2) is 33.7 Å². The van der Waals surface area contributed by atoms with Crippen molar-refractivity contribution in [1.29, 1.82) is 0 Å². The van der Waals surface area contributed by atoms with Crippen LogP contribution in [0.5, 0.6) is 0 Å². The van der Waals surface area contributed by atoms with Crippen LogP contribution in [0.1, 0.15) is 28.7 Å². The number of carbonyl (C=O) groups is 2.